The van der Waals surface area contributed by atoms with E-state index in [1.54, 1.807) is 20.8 Å². The van der Waals surface area contributed by atoms with Crippen molar-refractivity contribution in [1.29, 1.82) is 0 Å². The number of hydrogen-bond donors (Lipinski definition) is 2. The molecule has 1 aromatic carbocycles. The van der Waals surface area contributed by atoms with Crippen LogP contribution in [0.3, 0.4) is 0 Å². The van der Waals surface area contributed by atoms with Crippen LogP contribution >= 0.6 is 0 Å². The molecule has 6 nitrogen and oxygen atoms in total. The van der Waals surface area contributed by atoms with Crippen molar-refractivity contribution in [3.8, 4) is 11.1 Å². The summed E-state index contributed by atoms with van der Waals surface area (Å²) >= 11 is 0. The van der Waals surface area contributed by atoms with Crippen molar-refractivity contribution in [2.45, 2.75) is 106 Å². The zero-order chi connectivity index (χ0) is 27.5. The monoisotopic (exact) mass is 509 g/mol. The van der Waals surface area contributed by atoms with Crippen LogP contribution in [0.4, 0.5) is 5.69 Å². The van der Waals surface area contributed by atoms with Gasteiger partial charge < -0.3 is 20.1 Å². The SMILES string of the molecule is CC(C)(C)O.Cc1nc(C)c(-c2ccc3c(c2)CNC3)c(N2CCC(C)(C)CC2)c1CC(=O)OC(C)C. The highest BCUT2D eigenvalue weighted by atomic mass is 16.5. The molecule has 0 aliphatic carbocycles. The molecule has 4 rings (SSSR count). The number of aliphatic hydroxyl groups is 1. The second kappa shape index (κ2) is 11.5. The number of rotatable bonds is 5. The van der Waals surface area contributed by atoms with Crippen LogP contribution in [0.1, 0.15) is 89.4 Å². The Morgan fingerprint density at radius 1 is 1.11 bits per heavy atom. The van der Waals surface area contributed by atoms with Crippen LogP contribution in [-0.2, 0) is 29.0 Å². The Balaban J connectivity index is 0.000000695. The van der Waals surface area contributed by atoms with Gasteiger partial charge in [-0.2, -0.15) is 0 Å². The molecule has 6 heteroatoms. The average Bonchev–Trinajstić information content (AvgIpc) is 3.22. The molecule has 1 fully saturated rings. The molecule has 2 aliphatic heterocycles. The minimum Gasteiger partial charge on any atom is -0.463 e. The molecule has 0 amide bonds. The number of esters is 1. The molecular formula is C31H47N3O3. The summed E-state index contributed by atoms with van der Waals surface area (Å²) in [5.41, 5.74) is 9.06. The van der Waals surface area contributed by atoms with Crippen molar-refractivity contribution in [3.05, 3.63) is 46.3 Å². The first-order valence-electron chi connectivity index (χ1n) is 13.6. The predicted octanol–water partition coefficient (Wildman–Crippen LogP) is 5.87. The Bertz CT molecular complexity index is 1100. The summed E-state index contributed by atoms with van der Waals surface area (Å²) in [5, 5.41) is 12.0. The quantitative estimate of drug-likeness (QED) is 0.491. The van der Waals surface area contributed by atoms with Gasteiger partial charge in [0.15, 0.2) is 0 Å². The summed E-state index contributed by atoms with van der Waals surface area (Å²) in [6.45, 7) is 21.7. The lowest BCUT2D eigenvalue weighted by Gasteiger charge is -2.40. The van der Waals surface area contributed by atoms with Crippen molar-refractivity contribution in [3.63, 3.8) is 0 Å². The van der Waals surface area contributed by atoms with Gasteiger partial charge in [0.2, 0.25) is 0 Å². The Morgan fingerprint density at radius 2 is 1.70 bits per heavy atom. The van der Waals surface area contributed by atoms with E-state index in [-0.39, 0.29) is 18.5 Å². The molecule has 0 bridgehead atoms. The number of nitrogens with one attached hydrogen (secondary N) is 1. The van der Waals surface area contributed by atoms with E-state index in [2.05, 4.69) is 49.2 Å². The Morgan fingerprint density at radius 3 is 2.30 bits per heavy atom. The average molecular weight is 510 g/mol. The molecular weight excluding hydrogens is 462 g/mol. The van der Waals surface area contributed by atoms with Crippen molar-refractivity contribution in [2.24, 2.45) is 5.41 Å². The van der Waals surface area contributed by atoms with Crippen molar-refractivity contribution >= 4 is 11.7 Å². The van der Waals surface area contributed by atoms with Crippen molar-refractivity contribution in [1.82, 2.24) is 10.3 Å². The molecule has 2 aromatic rings. The fourth-order valence-corrected chi connectivity index (χ4v) is 5.01. The summed E-state index contributed by atoms with van der Waals surface area (Å²) in [5.74, 6) is -0.184. The van der Waals surface area contributed by atoms with Gasteiger partial charge in [0, 0.05) is 48.7 Å². The summed E-state index contributed by atoms with van der Waals surface area (Å²) in [6.07, 6.45) is 2.41. The van der Waals surface area contributed by atoms with Gasteiger partial charge in [-0.15, -0.1) is 0 Å². The third-order valence-corrected chi connectivity index (χ3v) is 6.90. The minimum absolute atomic E-state index is 0.121. The highest BCUT2D eigenvalue weighted by molar-refractivity contribution is 5.87. The predicted molar refractivity (Wildman–Crippen MR) is 152 cm³/mol. The number of hydrogen-bond acceptors (Lipinski definition) is 6. The van der Waals surface area contributed by atoms with E-state index >= 15 is 0 Å². The number of piperidine rings is 1. The zero-order valence-corrected chi connectivity index (χ0v) is 24.4. The molecule has 1 saturated heterocycles. The van der Waals surface area contributed by atoms with E-state index in [1.807, 2.05) is 20.8 Å². The maximum atomic E-state index is 12.7. The summed E-state index contributed by atoms with van der Waals surface area (Å²) < 4.78 is 5.53. The van der Waals surface area contributed by atoms with Gasteiger partial charge in [0.1, 0.15) is 0 Å². The van der Waals surface area contributed by atoms with Gasteiger partial charge in [-0.3, -0.25) is 9.78 Å². The van der Waals surface area contributed by atoms with Crippen LogP contribution < -0.4 is 10.2 Å². The fraction of sp³-hybridized carbons (Fsp3) is 0.613. The van der Waals surface area contributed by atoms with Gasteiger partial charge >= 0.3 is 5.97 Å². The Hall–Kier alpha value is -2.44. The first-order valence-corrected chi connectivity index (χ1v) is 13.6. The number of anilines is 1. The van der Waals surface area contributed by atoms with Crippen molar-refractivity contribution in [2.75, 3.05) is 18.0 Å². The molecule has 0 atom stereocenters. The molecule has 0 spiro atoms. The minimum atomic E-state index is -0.500. The summed E-state index contributed by atoms with van der Waals surface area (Å²) in [4.78, 5) is 20.1. The fourth-order valence-electron chi connectivity index (χ4n) is 5.01. The van der Waals surface area contributed by atoms with E-state index in [1.165, 1.54) is 22.4 Å². The maximum absolute atomic E-state index is 12.7. The summed E-state index contributed by atoms with van der Waals surface area (Å²) in [7, 11) is 0. The topological polar surface area (TPSA) is 74.7 Å². The lowest BCUT2D eigenvalue weighted by molar-refractivity contribution is -0.146. The third-order valence-electron chi connectivity index (χ3n) is 6.90. The van der Waals surface area contributed by atoms with Crippen LogP contribution in [0, 0.1) is 19.3 Å². The van der Waals surface area contributed by atoms with Gasteiger partial charge in [-0.25, -0.2) is 0 Å². The van der Waals surface area contributed by atoms with Crippen LogP contribution in [0.25, 0.3) is 11.1 Å². The van der Waals surface area contributed by atoms with Gasteiger partial charge in [0.25, 0.3) is 0 Å². The normalized spacial score (nSPS) is 16.8. The number of carbonyl (C=O) groups excluding carboxylic acids is 1. The highest BCUT2D eigenvalue weighted by Gasteiger charge is 2.30. The Kier molecular flexibility index (Phi) is 9.07. The summed E-state index contributed by atoms with van der Waals surface area (Å²) in [6, 6.07) is 6.76. The second-order valence-electron chi connectivity index (χ2n) is 12.6. The van der Waals surface area contributed by atoms with E-state index in [0.29, 0.717) is 5.41 Å². The van der Waals surface area contributed by atoms with Crippen molar-refractivity contribution < 1.29 is 14.6 Å². The molecule has 204 valence electrons. The van der Waals surface area contributed by atoms with Crippen LogP contribution in [0.2, 0.25) is 0 Å². The first-order chi connectivity index (χ1) is 17.1. The van der Waals surface area contributed by atoms with Crippen LogP contribution in [0.15, 0.2) is 18.2 Å². The van der Waals surface area contributed by atoms with E-state index in [0.717, 1.165) is 61.5 Å². The number of benzene rings is 1. The maximum Gasteiger partial charge on any atom is 0.310 e. The number of pyridine rings is 1. The molecule has 37 heavy (non-hydrogen) atoms. The largest absolute Gasteiger partial charge is 0.463 e. The van der Waals surface area contributed by atoms with Gasteiger partial charge in [-0.1, -0.05) is 26.0 Å². The third kappa shape index (κ3) is 8.02. The first kappa shape index (κ1) is 29.1. The second-order valence-corrected chi connectivity index (χ2v) is 12.6. The standard InChI is InChI=1S/C27H37N3O2.C4H10O/c1-17(2)32-24(31)14-23-18(3)29-19(4)25(20-7-8-21-15-28-16-22(21)13-20)26(23)30-11-9-27(5,6)10-12-30;1-4(2,3)5/h7-8,13,17,28H,9-12,14-16H2,1-6H3;5H,1-3H3. The lowest BCUT2D eigenvalue weighted by atomic mass is 9.82. The zero-order valence-electron chi connectivity index (χ0n) is 24.4. The Labute approximate surface area is 223 Å². The molecule has 0 radical (unpaired) electrons. The number of carbonyl (C=O) groups is 1. The van der Waals surface area contributed by atoms with Gasteiger partial charge in [0.05, 0.1) is 23.8 Å². The molecule has 1 aromatic heterocycles. The molecule has 2 N–H and O–H groups in total. The molecule has 0 unspecified atom stereocenters. The number of nitrogens with zero attached hydrogens (tertiary/aromatic N) is 2. The number of ether oxygens (including phenoxy) is 1. The molecule has 3 heterocycles. The number of aromatic nitrogens is 1. The molecule has 2 aliphatic rings. The highest BCUT2D eigenvalue weighted by Crippen LogP contribution is 2.42. The smallest absolute Gasteiger partial charge is 0.310 e. The van der Waals surface area contributed by atoms with Gasteiger partial charge in [-0.05, 0) is 89.5 Å². The van der Waals surface area contributed by atoms with E-state index in [9.17, 15) is 4.79 Å². The number of aryl methyl sites for hydroxylation is 2. The molecule has 0 saturated carbocycles. The van der Waals surface area contributed by atoms with E-state index in [4.69, 9.17) is 14.8 Å². The van der Waals surface area contributed by atoms with Crippen LogP contribution in [0.5, 0.6) is 0 Å². The number of fused-ring (bicyclic) bond motifs is 1. The van der Waals surface area contributed by atoms with Crippen LogP contribution in [-0.4, -0.2) is 40.9 Å². The lowest BCUT2D eigenvalue weighted by Crippen LogP contribution is -2.38. The van der Waals surface area contributed by atoms with E-state index < -0.39 is 5.60 Å².